The smallest absolute Gasteiger partial charge is 0.267 e. The molecule has 134 valence electrons. The summed E-state index contributed by atoms with van der Waals surface area (Å²) in [6, 6.07) is 13.7. The van der Waals surface area contributed by atoms with Crippen LogP contribution < -0.4 is 10.6 Å². The molecular weight excluding hydrogens is 344 g/mol. The van der Waals surface area contributed by atoms with Crippen molar-refractivity contribution in [3.63, 3.8) is 0 Å². The molecule has 0 bridgehead atoms. The molecule has 7 heteroatoms. The van der Waals surface area contributed by atoms with E-state index >= 15 is 0 Å². The molecule has 0 aliphatic carbocycles. The first-order chi connectivity index (χ1) is 13.0. The Bertz CT molecular complexity index is 1080. The fraction of sp³-hybridized carbons (Fsp3) is 0.100. The number of carbonyl (C=O) groups excluding carboxylic acids is 2. The second kappa shape index (κ2) is 6.21. The van der Waals surface area contributed by atoms with Gasteiger partial charge in [0.2, 0.25) is 5.91 Å². The minimum Gasteiger partial charge on any atom is -0.508 e. The topological polar surface area (TPSA) is 109 Å². The number of amides is 2. The normalized spacial score (nSPS) is 12.9. The highest BCUT2D eigenvalue weighted by Crippen LogP contribution is 2.38. The van der Waals surface area contributed by atoms with Crippen LogP contribution >= 0.6 is 0 Å². The molecule has 3 aromatic rings. The number of hydrogen-bond donors (Lipinski definition) is 2. The van der Waals surface area contributed by atoms with Crippen LogP contribution in [0.5, 0.6) is 5.75 Å². The second-order valence-corrected chi connectivity index (χ2v) is 6.30. The first kappa shape index (κ1) is 16.7. The number of carbonyl (C=O) groups is 2. The lowest BCUT2D eigenvalue weighted by atomic mass is 10.1. The van der Waals surface area contributed by atoms with E-state index in [9.17, 15) is 14.7 Å². The highest BCUT2D eigenvalue weighted by Gasteiger charge is 2.35. The van der Waals surface area contributed by atoms with Crippen LogP contribution in [-0.2, 0) is 11.2 Å². The fourth-order valence-corrected chi connectivity index (χ4v) is 3.17. The van der Waals surface area contributed by atoms with Gasteiger partial charge in [-0.3, -0.25) is 14.5 Å². The van der Waals surface area contributed by atoms with Crippen molar-refractivity contribution in [1.29, 1.82) is 0 Å². The van der Waals surface area contributed by atoms with Gasteiger partial charge < -0.3 is 10.8 Å². The maximum absolute atomic E-state index is 12.7. The lowest BCUT2D eigenvalue weighted by molar-refractivity contribution is -0.116. The Balaban J connectivity index is 1.94. The zero-order valence-corrected chi connectivity index (χ0v) is 14.5. The first-order valence-electron chi connectivity index (χ1n) is 8.34. The van der Waals surface area contributed by atoms with Gasteiger partial charge in [-0.15, -0.1) is 0 Å². The van der Waals surface area contributed by atoms with E-state index in [1.807, 2.05) is 31.2 Å². The molecule has 0 atom stereocenters. The largest absolute Gasteiger partial charge is 0.508 e. The van der Waals surface area contributed by atoms with Crippen LogP contribution in [-0.4, -0.2) is 26.9 Å². The molecule has 3 N–H and O–H groups in total. The van der Waals surface area contributed by atoms with Crippen LogP contribution in [0.25, 0.3) is 11.4 Å². The van der Waals surface area contributed by atoms with Gasteiger partial charge in [0, 0.05) is 11.1 Å². The van der Waals surface area contributed by atoms with E-state index in [4.69, 9.17) is 5.73 Å². The quantitative estimate of drug-likeness (QED) is 0.746. The average molecular weight is 360 g/mol. The number of fused-ring (bicyclic) bond motifs is 1. The number of primary amides is 1. The Hall–Kier alpha value is -3.74. The Labute approximate surface area is 155 Å². The Morgan fingerprint density at radius 1 is 1.11 bits per heavy atom. The number of benzene rings is 2. The van der Waals surface area contributed by atoms with E-state index in [1.54, 1.807) is 12.1 Å². The van der Waals surface area contributed by atoms with Gasteiger partial charge in [0.05, 0.1) is 12.1 Å². The van der Waals surface area contributed by atoms with E-state index in [1.165, 1.54) is 17.0 Å². The van der Waals surface area contributed by atoms with Crippen molar-refractivity contribution in [2.45, 2.75) is 13.3 Å². The standard InChI is InChI=1S/C20H16N4O3/c1-11-4-2-3-5-15(11)24-16(26)10-14-17(18(21)27)22-19(23-20(14)24)12-6-8-13(25)9-7-12/h2-9,25H,10H2,1H3,(H2,21,27). The molecule has 1 aliphatic heterocycles. The van der Waals surface area contributed by atoms with Gasteiger partial charge in [0.15, 0.2) is 5.82 Å². The van der Waals surface area contributed by atoms with Crippen molar-refractivity contribution in [3.05, 3.63) is 65.4 Å². The van der Waals surface area contributed by atoms with Crippen molar-refractivity contribution in [3.8, 4) is 17.1 Å². The summed E-state index contributed by atoms with van der Waals surface area (Å²) in [5, 5.41) is 9.49. The summed E-state index contributed by atoms with van der Waals surface area (Å²) in [5.41, 5.74) is 8.19. The lowest BCUT2D eigenvalue weighted by Crippen LogP contribution is -2.22. The zero-order chi connectivity index (χ0) is 19.1. The van der Waals surface area contributed by atoms with E-state index in [-0.39, 0.29) is 29.6 Å². The molecular formula is C20H16N4O3. The maximum atomic E-state index is 12.7. The summed E-state index contributed by atoms with van der Waals surface area (Å²) in [4.78, 5) is 35.0. The Morgan fingerprint density at radius 2 is 1.81 bits per heavy atom. The number of aromatic nitrogens is 2. The summed E-state index contributed by atoms with van der Waals surface area (Å²) >= 11 is 0. The van der Waals surface area contributed by atoms with Crippen molar-refractivity contribution in [2.24, 2.45) is 5.73 Å². The molecule has 2 aromatic carbocycles. The number of rotatable bonds is 3. The van der Waals surface area contributed by atoms with Crippen LogP contribution in [0.2, 0.25) is 0 Å². The van der Waals surface area contributed by atoms with E-state index in [0.717, 1.165) is 5.56 Å². The Kier molecular flexibility index (Phi) is 3.84. The second-order valence-electron chi connectivity index (χ2n) is 6.30. The van der Waals surface area contributed by atoms with Crippen LogP contribution in [0.3, 0.4) is 0 Å². The number of nitrogens with two attached hydrogens (primary N) is 1. The summed E-state index contributed by atoms with van der Waals surface area (Å²) < 4.78 is 0. The number of hydrogen-bond acceptors (Lipinski definition) is 5. The zero-order valence-electron chi connectivity index (χ0n) is 14.5. The fourth-order valence-electron chi connectivity index (χ4n) is 3.17. The highest BCUT2D eigenvalue weighted by atomic mass is 16.3. The van der Waals surface area contributed by atoms with E-state index in [0.29, 0.717) is 22.6 Å². The predicted molar refractivity (Wildman–Crippen MR) is 99.7 cm³/mol. The highest BCUT2D eigenvalue weighted by molar-refractivity contribution is 6.09. The third-order valence-electron chi connectivity index (χ3n) is 4.49. The number of anilines is 2. The number of aromatic hydroxyl groups is 1. The molecule has 0 unspecified atom stereocenters. The average Bonchev–Trinajstić information content (AvgIpc) is 2.97. The van der Waals surface area contributed by atoms with Gasteiger partial charge in [-0.05, 0) is 42.8 Å². The van der Waals surface area contributed by atoms with Crippen molar-refractivity contribution in [1.82, 2.24) is 9.97 Å². The Morgan fingerprint density at radius 3 is 2.48 bits per heavy atom. The molecule has 0 fully saturated rings. The lowest BCUT2D eigenvalue weighted by Gasteiger charge is -2.19. The summed E-state index contributed by atoms with van der Waals surface area (Å²) in [6.07, 6.45) is 0.0117. The molecule has 2 amide bonds. The van der Waals surface area contributed by atoms with Crippen LogP contribution in [0.1, 0.15) is 21.6 Å². The molecule has 0 radical (unpaired) electrons. The minimum atomic E-state index is -0.715. The van der Waals surface area contributed by atoms with E-state index < -0.39 is 5.91 Å². The molecule has 4 rings (SSSR count). The van der Waals surface area contributed by atoms with Crippen molar-refractivity contribution >= 4 is 23.3 Å². The molecule has 1 aliphatic rings. The van der Waals surface area contributed by atoms with Gasteiger partial charge in [-0.2, -0.15) is 0 Å². The molecule has 7 nitrogen and oxygen atoms in total. The van der Waals surface area contributed by atoms with Crippen molar-refractivity contribution in [2.75, 3.05) is 4.90 Å². The maximum Gasteiger partial charge on any atom is 0.267 e. The van der Waals surface area contributed by atoms with Crippen LogP contribution in [0.4, 0.5) is 11.5 Å². The molecule has 0 saturated carbocycles. The third-order valence-corrected chi connectivity index (χ3v) is 4.49. The van der Waals surface area contributed by atoms with Gasteiger partial charge >= 0.3 is 0 Å². The molecule has 2 heterocycles. The van der Waals surface area contributed by atoms with Gasteiger partial charge in [0.1, 0.15) is 17.3 Å². The van der Waals surface area contributed by atoms with Crippen LogP contribution in [0, 0.1) is 6.92 Å². The van der Waals surface area contributed by atoms with Gasteiger partial charge in [-0.1, -0.05) is 18.2 Å². The van der Waals surface area contributed by atoms with Gasteiger partial charge in [-0.25, -0.2) is 9.97 Å². The molecule has 0 spiro atoms. The molecule has 27 heavy (non-hydrogen) atoms. The number of phenolic OH excluding ortho intramolecular Hbond substituents is 1. The monoisotopic (exact) mass is 360 g/mol. The summed E-state index contributed by atoms with van der Waals surface area (Å²) in [6.45, 7) is 1.90. The molecule has 1 aromatic heterocycles. The number of aryl methyl sites for hydroxylation is 1. The van der Waals surface area contributed by atoms with Crippen LogP contribution in [0.15, 0.2) is 48.5 Å². The number of phenols is 1. The number of nitrogens with zero attached hydrogens (tertiary/aromatic N) is 3. The van der Waals surface area contributed by atoms with Gasteiger partial charge in [0.25, 0.3) is 5.91 Å². The third kappa shape index (κ3) is 2.79. The minimum absolute atomic E-state index is 0.0117. The number of para-hydroxylation sites is 1. The molecule has 0 saturated heterocycles. The predicted octanol–water partition coefficient (Wildman–Crippen LogP) is 2.48. The van der Waals surface area contributed by atoms with Crippen molar-refractivity contribution < 1.29 is 14.7 Å². The first-order valence-corrected chi connectivity index (χ1v) is 8.34. The van der Waals surface area contributed by atoms with E-state index in [2.05, 4.69) is 9.97 Å². The summed E-state index contributed by atoms with van der Waals surface area (Å²) in [7, 11) is 0. The summed E-state index contributed by atoms with van der Waals surface area (Å²) in [5.74, 6) is -0.184. The SMILES string of the molecule is Cc1ccccc1N1C(=O)Cc2c(C(N)=O)nc(-c3ccc(O)cc3)nc21.